The molecule has 1 atom stereocenters. The molecule has 2 N–H and O–H groups in total. The Labute approximate surface area is 179 Å². The number of rotatable bonds is 5. The molecule has 3 aromatic heterocycles. The van der Waals surface area contributed by atoms with Crippen molar-refractivity contribution in [1.82, 2.24) is 19.6 Å². The zero-order chi connectivity index (χ0) is 21.3. The van der Waals surface area contributed by atoms with Gasteiger partial charge in [0.1, 0.15) is 4.21 Å². The molecule has 4 heterocycles. The molecule has 9 heteroatoms. The van der Waals surface area contributed by atoms with Gasteiger partial charge < -0.3 is 10.3 Å². The van der Waals surface area contributed by atoms with Gasteiger partial charge in [0.15, 0.2) is 0 Å². The minimum atomic E-state index is -3.68. The second kappa shape index (κ2) is 8.43. The van der Waals surface area contributed by atoms with E-state index < -0.39 is 10.0 Å². The fraction of sp³-hybridized carbons (Fsp3) is 0.333. The average Bonchev–Trinajstić information content (AvgIpc) is 3.25. The fourth-order valence-electron chi connectivity index (χ4n) is 3.70. The number of H-pyrrole nitrogens is 1. The van der Waals surface area contributed by atoms with Gasteiger partial charge in [-0.1, -0.05) is 13.0 Å². The summed E-state index contributed by atoms with van der Waals surface area (Å²) in [6.45, 7) is 5.26. The largest absolute Gasteiger partial charge is 0.326 e. The molecular formula is C21H24N4O3S2. The predicted molar refractivity (Wildman–Crippen MR) is 118 cm³/mol. The molecule has 7 nitrogen and oxygen atoms in total. The second-order valence-corrected chi connectivity index (χ2v) is 10.4. The molecule has 0 aromatic carbocycles. The van der Waals surface area contributed by atoms with E-state index in [-0.39, 0.29) is 11.6 Å². The number of hydrogen-bond acceptors (Lipinski definition) is 6. The molecule has 0 bridgehead atoms. The molecule has 0 saturated carbocycles. The molecule has 1 fully saturated rings. The van der Waals surface area contributed by atoms with Gasteiger partial charge in [0.05, 0.1) is 11.7 Å². The van der Waals surface area contributed by atoms with Crippen LogP contribution in [0.5, 0.6) is 0 Å². The second-order valence-electron chi connectivity index (χ2n) is 7.22. The highest BCUT2D eigenvalue weighted by Crippen LogP contribution is 2.36. The van der Waals surface area contributed by atoms with E-state index in [1.54, 1.807) is 16.6 Å². The number of hydrogen-bond donors (Lipinski definition) is 2. The summed E-state index contributed by atoms with van der Waals surface area (Å²) in [6, 6.07) is 10.5. The van der Waals surface area contributed by atoms with E-state index in [0.717, 1.165) is 21.8 Å². The van der Waals surface area contributed by atoms with Crippen LogP contribution in [0.15, 0.2) is 51.6 Å². The van der Waals surface area contributed by atoms with Crippen LogP contribution in [0.25, 0.3) is 10.4 Å². The number of piperazine rings is 1. The SMILES string of the molecule is CCc1cc(-c2ccc(S(=O)(=O)N3CCNCC3c3ccccn3)s2)c(C)[nH]c1=O. The predicted octanol–water partition coefficient (Wildman–Crippen LogP) is 2.70. The van der Waals surface area contributed by atoms with Crippen molar-refractivity contribution in [3.8, 4) is 10.4 Å². The first kappa shape index (κ1) is 20.9. The summed E-state index contributed by atoms with van der Waals surface area (Å²) >= 11 is 1.23. The Morgan fingerprint density at radius 1 is 1.27 bits per heavy atom. The highest BCUT2D eigenvalue weighted by molar-refractivity contribution is 7.91. The molecule has 4 rings (SSSR count). The van der Waals surface area contributed by atoms with Gasteiger partial charge in [-0.2, -0.15) is 4.31 Å². The molecule has 3 aromatic rings. The lowest BCUT2D eigenvalue weighted by molar-refractivity contribution is 0.267. The molecule has 1 unspecified atom stereocenters. The van der Waals surface area contributed by atoms with Crippen LogP contribution in [0.3, 0.4) is 0 Å². The average molecular weight is 445 g/mol. The van der Waals surface area contributed by atoms with Crippen LogP contribution >= 0.6 is 11.3 Å². The van der Waals surface area contributed by atoms with Crippen molar-refractivity contribution in [2.75, 3.05) is 19.6 Å². The Hall–Kier alpha value is -2.33. The van der Waals surface area contributed by atoms with Crippen molar-refractivity contribution in [2.45, 2.75) is 30.5 Å². The maximum Gasteiger partial charge on any atom is 0.253 e. The monoisotopic (exact) mass is 444 g/mol. The first-order chi connectivity index (χ1) is 14.4. The molecule has 1 aliphatic heterocycles. The third kappa shape index (κ3) is 3.85. The maximum atomic E-state index is 13.5. The molecule has 1 aliphatic rings. The van der Waals surface area contributed by atoms with Gasteiger partial charge in [-0.25, -0.2) is 8.42 Å². The molecule has 1 saturated heterocycles. The number of thiophene rings is 1. The Balaban J connectivity index is 1.71. The third-order valence-corrected chi connectivity index (χ3v) is 8.82. The van der Waals surface area contributed by atoms with E-state index >= 15 is 0 Å². The van der Waals surface area contributed by atoms with Gasteiger partial charge in [0, 0.05) is 47.5 Å². The number of aromatic nitrogens is 2. The van der Waals surface area contributed by atoms with Crippen LogP contribution in [-0.2, 0) is 16.4 Å². The first-order valence-corrected chi connectivity index (χ1v) is 12.1. The van der Waals surface area contributed by atoms with Crippen molar-refractivity contribution < 1.29 is 8.42 Å². The summed E-state index contributed by atoms with van der Waals surface area (Å²) < 4.78 is 28.8. The van der Waals surface area contributed by atoms with Crippen molar-refractivity contribution >= 4 is 21.4 Å². The smallest absolute Gasteiger partial charge is 0.253 e. The van der Waals surface area contributed by atoms with Crippen LogP contribution in [0.2, 0.25) is 0 Å². The molecule has 158 valence electrons. The molecule has 0 amide bonds. The molecular weight excluding hydrogens is 420 g/mol. The fourth-order valence-corrected chi connectivity index (χ4v) is 6.81. The molecule has 0 spiro atoms. The third-order valence-electron chi connectivity index (χ3n) is 5.33. The molecule has 0 aliphatic carbocycles. The zero-order valence-electron chi connectivity index (χ0n) is 16.9. The number of aromatic amines is 1. The standard InChI is InChI=1S/C21H24N4O3S2/c1-3-15-12-16(14(2)24-21(15)26)19-7-8-20(29-19)30(27,28)25-11-10-22-13-18(25)17-6-4-5-9-23-17/h4-9,12,18,22H,3,10-11,13H2,1-2H3,(H,24,26). The van der Waals surface area contributed by atoms with Crippen molar-refractivity contribution in [2.24, 2.45) is 0 Å². The van der Waals surface area contributed by atoms with Gasteiger partial charge in [-0.3, -0.25) is 9.78 Å². The van der Waals surface area contributed by atoms with E-state index in [1.807, 2.05) is 44.2 Å². The summed E-state index contributed by atoms with van der Waals surface area (Å²) in [5, 5.41) is 3.27. The van der Waals surface area contributed by atoms with Gasteiger partial charge in [-0.15, -0.1) is 11.3 Å². The summed E-state index contributed by atoms with van der Waals surface area (Å²) in [4.78, 5) is 20.1. The lowest BCUT2D eigenvalue weighted by atomic mass is 10.1. The number of pyridine rings is 2. The van der Waals surface area contributed by atoms with Crippen LogP contribution < -0.4 is 10.9 Å². The van der Waals surface area contributed by atoms with Crippen molar-refractivity contribution in [3.05, 3.63) is 69.9 Å². The van der Waals surface area contributed by atoms with Crippen LogP contribution in [-0.4, -0.2) is 42.3 Å². The zero-order valence-corrected chi connectivity index (χ0v) is 18.5. The van der Waals surface area contributed by atoms with E-state index in [1.165, 1.54) is 11.3 Å². The highest BCUT2D eigenvalue weighted by atomic mass is 32.2. The first-order valence-electron chi connectivity index (χ1n) is 9.88. The minimum Gasteiger partial charge on any atom is -0.326 e. The van der Waals surface area contributed by atoms with Crippen LogP contribution in [0, 0.1) is 6.92 Å². The van der Waals surface area contributed by atoms with Gasteiger partial charge in [0.2, 0.25) is 0 Å². The maximum absolute atomic E-state index is 13.5. The van der Waals surface area contributed by atoms with Gasteiger partial charge in [-0.05, 0) is 43.7 Å². The van der Waals surface area contributed by atoms with Crippen LogP contribution in [0.1, 0.15) is 29.9 Å². The van der Waals surface area contributed by atoms with E-state index in [0.29, 0.717) is 35.8 Å². The number of nitrogens with zero attached hydrogens (tertiary/aromatic N) is 2. The quantitative estimate of drug-likeness (QED) is 0.631. The number of nitrogens with one attached hydrogen (secondary N) is 2. The Morgan fingerprint density at radius 2 is 2.10 bits per heavy atom. The lowest BCUT2D eigenvalue weighted by Gasteiger charge is -2.34. The summed E-state index contributed by atoms with van der Waals surface area (Å²) in [7, 11) is -3.68. The van der Waals surface area contributed by atoms with Crippen molar-refractivity contribution in [3.63, 3.8) is 0 Å². The van der Waals surface area contributed by atoms with E-state index in [2.05, 4.69) is 15.3 Å². The van der Waals surface area contributed by atoms with Gasteiger partial charge >= 0.3 is 0 Å². The lowest BCUT2D eigenvalue weighted by Crippen LogP contribution is -2.48. The van der Waals surface area contributed by atoms with Gasteiger partial charge in [0.25, 0.3) is 15.6 Å². The summed E-state index contributed by atoms with van der Waals surface area (Å²) in [5.41, 5.74) is 2.91. The van der Waals surface area contributed by atoms with Crippen LogP contribution in [0.4, 0.5) is 0 Å². The number of aryl methyl sites for hydroxylation is 2. The summed E-state index contributed by atoms with van der Waals surface area (Å²) in [5.74, 6) is 0. The number of sulfonamides is 1. The molecule has 0 radical (unpaired) electrons. The van der Waals surface area contributed by atoms with E-state index in [4.69, 9.17) is 0 Å². The van der Waals surface area contributed by atoms with Crippen molar-refractivity contribution in [1.29, 1.82) is 0 Å². The molecule has 30 heavy (non-hydrogen) atoms. The Kier molecular flexibility index (Phi) is 5.88. The van der Waals surface area contributed by atoms with E-state index in [9.17, 15) is 13.2 Å². The Bertz CT molecular complexity index is 1200. The Morgan fingerprint density at radius 3 is 2.83 bits per heavy atom. The highest BCUT2D eigenvalue weighted by Gasteiger charge is 2.36. The topological polar surface area (TPSA) is 95.2 Å². The normalized spacial score (nSPS) is 17.9. The summed E-state index contributed by atoms with van der Waals surface area (Å²) in [6.07, 6.45) is 2.30. The minimum absolute atomic E-state index is 0.0952.